The van der Waals surface area contributed by atoms with Crippen molar-refractivity contribution in [2.75, 3.05) is 12.3 Å². The summed E-state index contributed by atoms with van der Waals surface area (Å²) in [5.41, 5.74) is 5.61. The summed E-state index contributed by atoms with van der Waals surface area (Å²) in [5, 5.41) is 12.4. The maximum absolute atomic E-state index is 12.4. The molecule has 1 aliphatic rings. The van der Waals surface area contributed by atoms with Crippen LogP contribution in [-0.2, 0) is 17.1 Å². The van der Waals surface area contributed by atoms with Gasteiger partial charge in [-0.1, -0.05) is 0 Å². The van der Waals surface area contributed by atoms with Crippen molar-refractivity contribution in [1.29, 1.82) is 5.26 Å². The van der Waals surface area contributed by atoms with Crippen molar-refractivity contribution in [2.45, 2.75) is 30.2 Å². The Morgan fingerprint density at radius 2 is 2.33 bits per heavy atom. The maximum Gasteiger partial charge on any atom is 0.248 e. The Hall–Kier alpha value is -1.59. The average molecular weight is 269 g/mol. The van der Waals surface area contributed by atoms with Crippen molar-refractivity contribution in [3.8, 4) is 6.07 Å². The predicted molar refractivity (Wildman–Crippen MR) is 64.8 cm³/mol. The first kappa shape index (κ1) is 12.9. The summed E-state index contributed by atoms with van der Waals surface area (Å²) in [7, 11) is -2.03. The standard InChI is InChI=1S/C10H15N5O2S/c1-14-7-9(10(12)13-14)18(16,17)15(6-2-5-11)8-3-4-8/h7-8H,2-4,6H2,1H3,(H2,12,13). The second kappa shape index (κ2) is 4.59. The van der Waals surface area contributed by atoms with E-state index in [4.69, 9.17) is 11.0 Å². The highest BCUT2D eigenvalue weighted by Gasteiger charge is 2.39. The lowest BCUT2D eigenvalue weighted by molar-refractivity contribution is 0.411. The number of nitrogen functional groups attached to an aromatic ring is 1. The highest BCUT2D eigenvalue weighted by atomic mass is 32.2. The topological polar surface area (TPSA) is 105 Å². The Kier molecular flexibility index (Phi) is 3.28. The van der Waals surface area contributed by atoms with E-state index in [9.17, 15) is 8.42 Å². The molecule has 1 fully saturated rings. The Balaban J connectivity index is 2.33. The number of nitrogens with zero attached hydrogens (tertiary/aromatic N) is 4. The summed E-state index contributed by atoms with van der Waals surface area (Å²) < 4.78 is 27.6. The van der Waals surface area contributed by atoms with Crippen molar-refractivity contribution in [1.82, 2.24) is 14.1 Å². The van der Waals surface area contributed by atoms with Crippen LogP contribution in [0.25, 0.3) is 0 Å². The molecule has 18 heavy (non-hydrogen) atoms. The number of aromatic nitrogens is 2. The van der Waals surface area contributed by atoms with Crippen molar-refractivity contribution >= 4 is 15.8 Å². The minimum atomic E-state index is -3.65. The van der Waals surface area contributed by atoms with Crippen LogP contribution < -0.4 is 5.73 Å². The summed E-state index contributed by atoms with van der Waals surface area (Å²) in [6, 6.07) is 1.97. The van der Waals surface area contributed by atoms with E-state index in [0.717, 1.165) is 12.8 Å². The largest absolute Gasteiger partial charge is 0.381 e. The summed E-state index contributed by atoms with van der Waals surface area (Å²) >= 11 is 0. The van der Waals surface area contributed by atoms with Crippen molar-refractivity contribution in [3.05, 3.63) is 6.20 Å². The molecule has 0 aliphatic heterocycles. The molecule has 2 N–H and O–H groups in total. The van der Waals surface area contributed by atoms with Gasteiger partial charge in [-0.2, -0.15) is 14.7 Å². The number of sulfonamides is 1. The van der Waals surface area contributed by atoms with Gasteiger partial charge in [-0.25, -0.2) is 8.42 Å². The van der Waals surface area contributed by atoms with E-state index < -0.39 is 10.0 Å². The second-order valence-electron chi connectivity index (χ2n) is 4.31. The van der Waals surface area contributed by atoms with Gasteiger partial charge in [0.25, 0.3) is 0 Å². The third-order valence-corrected chi connectivity index (χ3v) is 4.78. The monoisotopic (exact) mass is 269 g/mol. The minimum Gasteiger partial charge on any atom is -0.381 e. The molecule has 0 atom stereocenters. The number of nitriles is 1. The van der Waals surface area contributed by atoms with E-state index in [2.05, 4.69) is 5.10 Å². The molecule has 0 amide bonds. The average Bonchev–Trinajstić information content (AvgIpc) is 3.04. The number of nitrogens with two attached hydrogens (primary N) is 1. The van der Waals surface area contributed by atoms with E-state index in [1.54, 1.807) is 7.05 Å². The lowest BCUT2D eigenvalue weighted by Gasteiger charge is -2.19. The maximum atomic E-state index is 12.4. The lowest BCUT2D eigenvalue weighted by Crippen LogP contribution is -2.34. The SMILES string of the molecule is Cn1cc(S(=O)(=O)N(CCC#N)C2CC2)c(N)n1. The van der Waals surface area contributed by atoms with Gasteiger partial charge < -0.3 is 5.73 Å². The van der Waals surface area contributed by atoms with Crippen LogP contribution in [0.3, 0.4) is 0 Å². The molecular formula is C10H15N5O2S. The smallest absolute Gasteiger partial charge is 0.248 e. The van der Waals surface area contributed by atoms with Gasteiger partial charge in [0.2, 0.25) is 10.0 Å². The number of anilines is 1. The van der Waals surface area contributed by atoms with Crippen molar-refractivity contribution in [3.63, 3.8) is 0 Å². The summed E-state index contributed by atoms with van der Waals surface area (Å²) in [5.74, 6) is 0.0000997. The van der Waals surface area contributed by atoms with E-state index in [-0.39, 0.29) is 29.7 Å². The van der Waals surface area contributed by atoms with Crippen molar-refractivity contribution < 1.29 is 8.42 Å². The van der Waals surface area contributed by atoms with E-state index in [1.807, 2.05) is 6.07 Å². The van der Waals surface area contributed by atoms with Gasteiger partial charge in [0.15, 0.2) is 5.82 Å². The molecule has 1 aromatic heterocycles. The normalized spacial score (nSPS) is 15.8. The molecular weight excluding hydrogens is 254 g/mol. The van der Waals surface area contributed by atoms with Gasteiger partial charge in [-0.05, 0) is 12.8 Å². The van der Waals surface area contributed by atoms with Crippen molar-refractivity contribution in [2.24, 2.45) is 7.05 Å². The molecule has 98 valence electrons. The molecule has 2 rings (SSSR count). The van der Waals surface area contributed by atoms with Crippen LogP contribution in [0.4, 0.5) is 5.82 Å². The zero-order chi connectivity index (χ0) is 13.3. The van der Waals surface area contributed by atoms with E-state index >= 15 is 0 Å². The fourth-order valence-electron chi connectivity index (χ4n) is 1.83. The first-order chi connectivity index (χ1) is 8.46. The van der Waals surface area contributed by atoms with Crippen LogP contribution in [0.1, 0.15) is 19.3 Å². The third-order valence-electron chi connectivity index (χ3n) is 2.81. The van der Waals surface area contributed by atoms with Gasteiger partial charge in [0.1, 0.15) is 4.90 Å². The summed E-state index contributed by atoms with van der Waals surface area (Å²) in [6.07, 6.45) is 3.25. The molecule has 0 bridgehead atoms. The molecule has 7 nitrogen and oxygen atoms in total. The molecule has 0 saturated heterocycles. The van der Waals surface area contributed by atoms with Crippen LogP contribution >= 0.6 is 0 Å². The Labute approximate surface area is 106 Å². The Morgan fingerprint density at radius 3 is 2.78 bits per heavy atom. The fraction of sp³-hybridized carbons (Fsp3) is 0.600. The molecule has 1 heterocycles. The minimum absolute atomic E-state index is 0.0000997. The number of rotatable bonds is 5. The Bertz CT molecular complexity index is 582. The van der Waals surface area contributed by atoms with Gasteiger partial charge in [0, 0.05) is 32.3 Å². The van der Waals surface area contributed by atoms with Gasteiger partial charge in [-0.15, -0.1) is 0 Å². The number of hydrogen-bond donors (Lipinski definition) is 1. The quantitative estimate of drug-likeness (QED) is 0.814. The highest BCUT2D eigenvalue weighted by molar-refractivity contribution is 7.89. The van der Waals surface area contributed by atoms with Crippen LogP contribution in [0.15, 0.2) is 11.1 Å². The summed E-state index contributed by atoms with van der Waals surface area (Å²) in [6.45, 7) is 0.206. The van der Waals surface area contributed by atoms with E-state index in [0.29, 0.717) is 0 Å². The van der Waals surface area contributed by atoms with Crippen LogP contribution in [0.5, 0.6) is 0 Å². The van der Waals surface area contributed by atoms with Gasteiger partial charge >= 0.3 is 0 Å². The van der Waals surface area contributed by atoms with Crippen LogP contribution in [0, 0.1) is 11.3 Å². The van der Waals surface area contributed by atoms with Gasteiger partial charge in [-0.3, -0.25) is 4.68 Å². The first-order valence-electron chi connectivity index (χ1n) is 5.64. The zero-order valence-corrected chi connectivity index (χ0v) is 10.9. The second-order valence-corrected chi connectivity index (χ2v) is 6.17. The zero-order valence-electron chi connectivity index (χ0n) is 10.1. The predicted octanol–water partition coefficient (Wildman–Crippen LogP) is 0.0691. The molecule has 0 aromatic carbocycles. The van der Waals surface area contributed by atoms with Crippen LogP contribution in [0.2, 0.25) is 0 Å². The van der Waals surface area contributed by atoms with E-state index in [1.165, 1.54) is 15.2 Å². The number of aryl methyl sites for hydroxylation is 1. The molecule has 1 saturated carbocycles. The molecule has 8 heteroatoms. The summed E-state index contributed by atoms with van der Waals surface area (Å²) in [4.78, 5) is 0.0230. The third kappa shape index (κ3) is 2.32. The highest BCUT2D eigenvalue weighted by Crippen LogP contribution is 2.33. The molecule has 0 spiro atoms. The molecule has 0 unspecified atom stereocenters. The lowest BCUT2D eigenvalue weighted by atomic mass is 10.4. The molecule has 1 aliphatic carbocycles. The molecule has 0 radical (unpaired) electrons. The Morgan fingerprint density at radius 1 is 1.67 bits per heavy atom. The van der Waals surface area contributed by atoms with Gasteiger partial charge in [0.05, 0.1) is 6.07 Å². The first-order valence-corrected chi connectivity index (χ1v) is 7.08. The number of hydrogen-bond acceptors (Lipinski definition) is 5. The molecule has 1 aromatic rings. The fourth-order valence-corrected chi connectivity index (χ4v) is 3.61. The van der Waals surface area contributed by atoms with Crippen LogP contribution in [-0.4, -0.2) is 35.1 Å².